The van der Waals surface area contributed by atoms with E-state index in [0.717, 1.165) is 38.6 Å². The Morgan fingerprint density at radius 1 is 0.773 bits per heavy atom. The molecule has 0 spiro atoms. The van der Waals surface area contributed by atoms with E-state index in [1.165, 1.54) is 4.57 Å². The number of fused-ring (bicyclic) bond motifs is 7. The van der Waals surface area contributed by atoms with Crippen molar-refractivity contribution in [3.8, 4) is 17.5 Å². The highest BCUT2D eigenvalue weighted by molar-refractivity contribution is 6.13. The second-order valence-electron chi connectivity index (χ2n) is 10.4. The fourth-order valence-electron chi connectivity index (χ4n) is 5.49. The van der Waals surface area contributed by atoms with Gasteiger partial charge >= 0.3 is 0 Å². The van der Waals surface area contributed by atoms with Gasteiger partial charge in [0.2, 0.25) is 5.78 Å². The van der Waals surface area contributed by atoms with E-state index in [1.807, 2.05) is 60.8 Å². The van der Waals surface area contributed by atoms with Crippen LogP contribution < -0.4 is 11.3 Å². The number of hydrogen-bond acceptors (Lipinski definition) is 7. The normalized spacial score (nSPS) is 12.0. The number of carbonyl (C=O) groups is 1. The van der Waals surface area contributed by atoms with Crippen LogP contribution in [0.2, 0.25) is 0 Å². The van der Waals surface area contributed by atoms with Crippen LogP contribution in [-0.2, 0) is 0 Å². The molecule has 0 atom stereocenters. The number of nitrogen functional groups attached to an aromatic ring is 1. The van der Waals surface area contributed by atoms with Crippen LogP contribution in [0.3, 0.4) is 0 Å². The van der Waals surface area contributed by atoms with Crippen LogP contribution in [0.25, 0.3) is 38.4 Å². The van der Waals surface area contributed by atoms with E-state index in [0.29, 0.717) is 33.4 Å². The largest absolute Gasteiger partial charge is 0.399 e. The molecule has 0 amide bonds. The van der Waals surface area contributed by atoms with Crippen molar-refractivity contribution >= 4 is 56.1 Å². The summed E-state index contributed by atoms with van der Waals surface area (Å²) in [5.41, 5.74) is 12.2. The number of anilines is 1. The first-order valence-corrected chi connectivity index (χ1v) is 13.8. The Balaban J connectivity index is 1.08. The molecule has 44 heavy (non-hydrogen) atoms. The highest BCUT2D eigenvalue weighted by atomic mass is 16.1. The minimum atomic E-state index is -0.337. The molecule has 0 aliphatic carbocycles. The zero-order valence-corrected chi connectivity index (χ0v) is 23.0. The molecular weight excluding hydrogens is 548 g/mol. The van der Waals surface area contributed by atoms with Crippen molar-refractivity contribution in [1.82, 2.24) is 19.5 Å². The van der Waals surface area contributed by atoms with Crippen LogP contribution in [0, 0.1) is 11.8 Å². The van der Waals surface area contributed by atoms with Crippen LogP contribution in [0.5, 0.6) is 0 Å². The first kappa shape index (κ1) is 25.3. The van der Waals surface area contributed by atoms with Crippen LogP contribution in [0.1, 0.15) is 32.9 Å². The first-order valence-electron chi connectivity index (χ1n) is 13.8. The maximum Gasteiger partial charge on any atom is 0.266 e. The van der Waals surface area contributed by atoms with E-state index >= 15 is 0 Å². The van der Waals surface area contributed by atoms with Crippen molar-refractivity contribution in [3.63, 3.8) is 0 Å². The Morgan fingerprint density at radius 2 is 1.55 bits per heavy atom. The summed E-state index contributed by atoms with van der Waals surface area (Å²) in [6.07, 6.45) is 5.35. The van der Waals surface area contributed by atoms with Crippen molar-refractivity contribution in [1.29, 1.82) is 0 Å². The molecule has 206 valence electrons. The summed E-state index contributed by atoms with van der Waals surface area (Å²) in [6, 6.07) is 27.7. The summed E-state index contributed by atoms with van der Waals surface area (Å²) < 4.78 is 1.35. The lowest BCUT2D eigenvalue weighted by Crippen LogP contribution is -2.21. The third-order valence-corrected chi connectivity index (χ3v) is 7.63. The number of aliphatic imine (C=N–C) groups is 1. The molecule has 3 aromatic heterocycles. The van der Waals surface area contributed by atoms with Gasteiger partial charge in [-0.1, -0.05) is 30.0 Å². The van der Waals surface area contributed by atoms with Gasteiger partial charge in [0.15, 0.2) is 5.82 Å². The molecule has 4 aromatic carbocycles. The van der Waals surface area contributed by atoms with Gasteiger partial charge in [0.25, 0.3) is 5.56 Å². The predicted octanol–water partition coefficient (Wildman–Crippen LogP) is 5.76. The number of aromatic nitrogens is 4. The Hall–Kier alpha value is -6.46. The topological polar surface area (TPSA) is 116 Å². The summed E-state index contributed by atoms with van der Waals surface area (Å²) in [5.74, 6) is 6.12. The van der Waals surface area contributed by atoms with Gasteiger partial charge < -0.3 is 5.73 Å². The number of carbonyl (C=O) groups excluding carboxylic acids is 1. The van der Waals surface area contributed by atoms with Gasteiger partial charge in [-0.25, -0.2) is 4.98 Å². The molecular formula is C36H20N6O2. The monoisotopic (exact) mass is 568 g/mol. The number of ketones is 1. The Labute approximate surface area is 250 Å². The van der Waals surface area contributed by atoms with Crippen LogP contribution >= 0.6 is 0 Å². The fourth-order valence-corrected chi connectivity index (χ4v) is 5.49. The Kier molecular flexibility index (Phi) is 5.64. The highest BCUT2D eigenvalue weighted by Gasteiger charge is 2.30. The number of benzene rings is 4. The maximum atomic E-state index is 13.3. The van der Waals surface area contributed by atoms with Crippen molar-refractivity contribution in [2.24, 2.45) is 4.99 Å². The average molecular weight is 569 g/mol. The van der Waals surface area contributed by atoms with E-state index in [-0.39, 0.29) is 17.2 Å². The van der Waals surface area contributed by atoms with Crippen molar-refractivity contribution in [2.75, 3.05) is 5.73 Å². The van der Waals surface area contributed by atoms with Crippen LogP contribution in [-0.4, -0.2) is 31.5 Å². The summed E-state index contributed by atoms with van der Waals surface area (Å²) in [6.45, 7) is 0. The van der Waals surface area contributed by atoms with Gasteiger partial charge in [-0.2, -0.15) is 0 Å². The highest BCUT2D eigenvalue weighted by Crippen LogP contribution is 2.31. The third kappa shape index (κ3) is 4.11. The SMILES string of the molecule is Nc1ccc2nc3n(c(=O)c2c1)-c1cc(C#Cc2ccc(C=Nc4cc5cccnc5c5ncccc45)cc2)ccc1C3=O. The number of nitrogens with two attached hydrogens (primary N) is 1. The van der Waals surface area contributed by atoms with Crippen molar-refractivity contribution in [3.05, 3.63) is 142 Å². The zero-order valence-electron chi connectivity index (χ0n) is 23.0. The second kappa shape index (κ2) is 9.82. The summed E-state index contributed by atoms with van der Waals surface area (Å²) in [7, 11) is 0. The quantitative estimate of drug-likeness (QED) is 0.123. The number of nitrogens with zero attached hydrogens (tertiary/aromatic N) is 5. The van der Waals surface area contributed by atoms with Gasteiger partial charge in [0.1, 0.15) is 0 Å². The smallest absolute Gasteiger partial charge is 0.266 e. The second-order valence-corrected chi connectivity index (χ2v) is 10.4. The lowest BCUT2D eigenvalue weighted by atomic mass is 10.1. The molecule has 0 bridgehead atoms. The third-order valence-electron chi connectivity index (χ3n) is 7.63. The van der Waals surface area contributed by atoms with Gasteiger partial charge in [0.05, 0.1) is 38.9 Å². The van der Waals surface area contributed by atoms with E-state index in [9.17, 15) is 9.59 Å². The molecule has 8 nitrogen and oxygen atoms in total. The van der Waals surface area contributed by atoms with E-state index in [1.54, 1.807) is 48.8 Å². The number of hydrogen-bond donors (Lipinski definition) is 1. The molecule has 1 aliphatic rings. The minimum Gasteiger partial charge on any atom is -0.399 e. The molecule has 0 radical (unpaired) electrons. The van der Waals surface area contributed by atoms with Gasteiger partial charge in [-0.15, -0.1) is 0 Å². The zero-order chi connectivity index (χ0) is 29.8. The molecule has 2 N–H and O–H groups in total. The maximum absolute atomic E-state index is 13.3. The van der Waals surface area contributed by atoms with E-state index in [2.05, 4.69) is 26.8 Å². The van der Waals surface area contributed by atoms with Gasteiger partial charge in [-0.3, -0.25) is 29.1 Å². The average Bonchev–Trinajstić information content (AvgIpc) is 3.34. The molecule has 0 unspecified atom stereocenters. The summed E-state index contributed by atoms with van der Waals surface area (Å²) in [5, 5.41) is 2.28. The lowest BCUT2D eigenvalue weighted by Gasteiger charge is -2.06. The standard InChI is InChI=1S/C36H20N6O2/c37-25-12-14-29-28(19-25)36(44)42-31-17-22(11-13-27(31)34(43)35(42)41-29)8-5-21-6-9-23(10-7-21)20-40-30-18-24-3-1-15-38-32(24)33-26(30)4-2-16-39-33/h1-4,6-7,9-20H,37H2. The van der Waals surface area contributed by atoms with Crippen LogP contribution in [0.15, 0.2) is 113 Å². The Morgan fingerprint density at radius 3 is 2.41 bits per heavy atom. The molecule has 4 heterocycles. The predicted molar refractivity (Wildman–Crippen MR) is 172 cm³/mol. The molecule has 8 rings (SSSR count). The van der Waals surface area contributed by atoms with Crippen molar-refractivity contribution < 1.29 is 4.79 Å². The summed E-state index contributed by atoms with van der Waals surface area (Å²) >= 11 is 0. The minimum absolute atomic E-state index is 0.0919. The molecule has 7 aromatic rings. The molecule has 0 saturated heterocycles. The lowest BCUT2D eigenvalue weighted by molar-refractivity contribution is 0.103. The van der Waals surface area contributed by atoms with E-state index < -0.39 is 0 Å². The molecule has 8 heteroatoms. The number of pyridine rings is 2. The molecule has 1 aliphatic heterocycles. The Bertz CT molecular complexity index is 2500. The first-order chi connectivity index (χ1) is 21.5. The fraction of sp³-hybridized carbons (Fsp3) is 0. The van der Waals surface area contributed by atoms with E-state index in [4.69, 9.17) is 10.7 Å². The van der Waals surface area contributed by atoms with Gasteiger partial charge in [-0.05, 0) is 78.4 Å². The van der Waals surface area contributed by atoms with Gasteiger partial charge in [0, 0.05) is 46.2 Å². The molecule has 0 fully saturated rings. The molecule has 0 saturated carbocycles. The number of rotatable bonds is 2. The summed E-state index contributed by atoms with van der Waals surface area (Å²) in [4.78, 5) is 44.6. The van der Waals surface area contributed by atoms with Crippen LogP contribution in [0.4, 0.5) is 11.4 Å². The van der Waals surface area contributed by atoms with Crippen molar-refractivity contribution in [2.45, 2.75) is 0 Å².